The summed E-state index contributed by atoms with van der Waals surface area (Å²) in [6.45, 7) is 1.30. The maximum atomic E-state index is 11.2. The second kappa shape index (κ2) is 6.80. The molecule has 3 aromatic rings. The minimum Gasteiger partial charge on any atom is -0.472 e. The Labute approximate surface area is 155 Å². The summed E-state index contributed by atoms with van der Waals surface area (Å²) >= 11 is 5.99. The van der Waals surface area contributed by atoms with Crippen LogP contribution in [0.1, 0.15) is 6.42 Å². The van der Waals surface area contributed by atoms with Crippen LogP contribution < -0.4 is 9.64 Å². The molecule has 0 amide bonds. The average Bonchev–Trinajstić information content (AvgIpc) is 3.10. The largest absolute Gasteiger partial charge is 0.472 e. The molecular weight excluding hydrogens is 354 g/mol. The van der Waals surface area contributed by atoms with E-state index in [4.69, 9.17) is 16.3 Å². The summed E-state index contributed by atoms with van der Waals surface area (Å²) < 4.78 is 6.01. The van der Waals surface area contributed by atoms with Crippen molar-refractivity contribution in [1.82, 2.24) is 4.98 Å². The SMILES string of the molecule is O=[N+]([O-])c1ccccc1N1CCC(Oc2ccc3cc(Cl)ccc3n2)C1. The van der Waals surface area contributed by atoms with Crippen molar-refractivity contribution in [3.8, 4) is 5.88 Å². The van der Waals surface area contributed by atoms with Crippen LogP contribution in [0.3, 0.4) is 0 Å². The molecule has 1 aromatic heterocycles. The maximum absolute atomic E-state index is 11.2. The zero-order valence-corrected chi connectivity index (χ0v) is 14.6. The van der Waals surface area contributed by atoms with Gasteiger partial charge in [0.1, 0.15) is 11.8 Å². The normalized spacial score (nSPS) is 16.8. The molecule has 1 aliphatic rings. The van der Waals surface area contributed by atoms with E-state index >= 15 is 0 Å². The molecule has 0 aliphatic carbocycles. The molecular formula is C19H16ClN3O3. The summed E-state index contributed by atoms with van der Waals surface area (Å²) in [6, 6.07) is 16.1. The van der Waals surface area contributed by atoms with Crippen LogP contribution in [0.5, 0.6) is 5.88 Å². The number of halogens is 1. The van der Waals surface area contributed by atoms with Gasteiger partial charge in [0, 0.05) is 35.5 Å². The minimum atomic E-state index is -0.348. The van der Waals surface area contributed by atoms with Crippen molar-refractivity contribution in [2.45, 2.75) is 12.5 Å². The van der Waals surface area contributed by atoms with Crippen LogP contribution in [0.2, 0.25) is 5.02 Å². The average molecular weight is 370 g/mol. The predicted octanol–water partition coefficient (Wildman–Crippen LogP) is 4.45. The lowest BCUT2D eigenvalue weighted by molar-refractivity contribution is -0.384. The first-order valence-corrected chi connectivity index (χ1v) is 8.69. The fourth-order valence-electron chi connectivity index (χ4n) is 3.24. The van der Waals surface area contributed by atoms with Crippen LogP contribution in [0, 0.1) is 10.1 Å². The summed E-state index contributed by atoms with van der Waals surface area (Å²) in [5, 5.41) is 12.9. The number of nitro groups is 1. The Morgan fingerprint density at radius 3 is 2.88 bits per heavy atom. The van der Waals surface area contributed by atoms with E-state index in [1.807, 2.05) is 35.2 Å². The van der Waals surface area contributed by atoms with E-state index in [-0.39, 0.29) is 16.7 Å². The third-order valence-corrected chi connectivity index (χ3v) is 4.71. The van der Waals surface area contributed by atoms with Crippen LogP contribution in [-0.4, -0.2) is 29.1 Å². The number of pyridine rings is 1. The van der Waals surface area contributed by atoms with Crippen molar-refractivity contribution in [3.05, 3.63) is 69.7 Å². The van der Waals surface area contributed by atoms with E-state index in [0.717, 1.165) is 17.3 Å². The fraction of sp³-hybridized carbons (Fsp3) is 0.211. The highest BCUT2D eigenvalue weighted by atomic mass is 35.5. The monoisotopic (exact) mass is 369 g/mol. The number of hydrogen-bond acceptors (Lipinski definition) is 5. The Kier molecular flexibility index (Phi) is 4.34. The molecule has 1 aliphatic heterocycles. The van der Waals surface area contributed by atoms with Crippen molar-refractivity contribution in [2.24, 2.45) is 0 Å². The van der Waals surface area contributed by atoms with Crippen LogP contribution in [-0.2, 0) is 0 Å². The van der Waals surface area contributed by atoms with Crippen LogP contribution in [0.15, 0.2) is 54.6 Å². The van der Waals surface area contributed by atoms with Crippen molar-refractivity contribution in [1.29, 1.82) is 0 Å². The lowest BCUT2D eigenvalue weighted by atomic mass is 10.2. The lowest BCUT2D eigenvalue weighted by Crippen LogP contribution is -2.25. The molecule has 6 nitrogen and oxygen atoms in total. The number of rotatable bonds is 4. The van der Waals surface area contributed by atoms with Gasteiger partial charge in [-0.05, 0) is 30.3 Å². The molecule has 4 rings (SSSR count). The first-order chi connectivity index (χ1) is 12.6. The highest BCUT2D eigenvalue weighted by molar-refractivity contribution is 6.31. The predicted molar refractivity (Wildman–Crippen MR) is 101 cm³/mol. The maximum Gasteiger partial charge on any atom is 0.292 e. The first-order valence-electron chi connectivity index (χ1n) is 8.31. The van der Waals surface area contributed by atoms with Gasteiger partial charge in [-0.25, -0.2) is 4.98 Å². The van der Waals surface area contributed by atoms with Crippen LogP contribution in [0.4, 0.5) is 11.4 Å². The summed E-state index contributed by atoms with van der Waals surface area (Å²) in [7, 11) is 0. The number of aromatic nitrogens is 1. The van der Waals surface area contributed by atoms with E-state index in [0.29, 0.717) is 29.7 Å². The van der Waals surface area contributed by atoms with E-state index in [2.05, 4.69) is 4.98 Å². The zero-order valence-electron chi connectivity index (χ0n) is 13.8. The molecule has 7 heteroatoms. The lowest BCUT2D eigenvalue weighted by Gasteiger charge is -2.18. The molecule has 0 radical (unpaired) electrons. The van der Waals surface area contributed by atoms with Gasteiger partial charge in [0.15, 0.2) is 0 Å². The van der Waals surface area contributed by atoms with Crippen molar-refractivity contribution < 1.29 is 9.66 Å². The molecule has 2 aromatic carbocycles. The third kappa shape index (κ3) is 3.28. The van der Waals surface area contributed by atoms with Gasteiger partial charge in [-0.1, -0.05) is 23.7 Å². The second-order valence-corrected chi connectivity index (χ2v) is 6.64. The molecule has 1 saturated heterocycles. The number of nitro benzene ring substituents is 1. The molecule has 132 valence electrons. The van der Waals surface area contributed by atoms with E-state index in [9.17, 15) is 10.1 Å². The highest BCUT2D eigenvalue weighted by Crippen LogP contribution is 2.31. The molecule has 0 spiro atoms. The van der Waals surface area contributed by atoms with Crippen molar-refractivity contribution in [3.63, 3.8) is 0 Å². The van der Waals surface area contributed by atoms with Crippen LogP contribution >= 0.6 is 11.6 Å². The molecule has 1 unspecified atom stereocenters. The summed E-state index contributed by atoms with van der Waals surface area (Å²) in [5.41, 5.74) is 1.57. The first kappa shape index (κ1) is 16.6. The molecule has 0 bridgehead atoms. The number of para-hydroxylation sites is 2. The molecule has 26 heavy (non-hydrogen) atoms. The fourth-order valence-corrected chi connectivity index (χ4v) is 3.42. The molecule has 1 atom stereocenters. The highest BCUT2D eigenvalue weighted by Gasteiger charge is 2.28. The molecule has 0 saturated carbocycles. The molecule has 0 N–H and O–H groups in total. The van der Waals surface area contributed by atoms with Gasteiger partial charge in [0.25, 0.3) is 5.69 Å². The van der Waals surface area contributed by atoms with E-state index < -0.39 is 0 Å². The third-order valence-electron chi connectivity index (χ3n) is 4.48. The van der Waals surface area contributed by atoms with Gasteiger partial charge in [-0.3, -0.25) is 10.1 Å². The molecule has 2 heterocycles. The topological polar surface area (TPSA) is 68.5 Å². The van der Waals surface area contributed by atoms with Gasteiger partial charge in [0.05, 0.1) is 17.0 Å². The zero-order chi connectivity index (χ0) is 18.1. The van der Waals surface area contributed by atoms with Gasteiger partial charge in [-0.2, -0.15) is 0 Å². The Balaban J connectivity index is 1.50. The van der Waals surface area contributed by atoms with E-state index in [1.54, 1.807) is 18.2 Å². The van der Waals surface area contributed by atoms with E-state index in [1.165, 1.54) is 6.07 Å². The van der Waals surface area contributed by atoms with Crippen LogP contribution in [0.25, 0.3) is 10.9 Å². The second-order valence-electron chi connectivity index (χ2n) is 6.21. The van der Waals surface area contributed by atoms with Gasteiger partial charge < -0.3 is 9.64 Å². The standard InChI is InChI=1S/C19H16ClN3O3/c20-14-6-7-16-13(11-14)5-8-19(21-16)26-15-9-10-22(12-15)17-3-1-2-4-18(17)23(24)25/h1-8,11,15H,9-10,12H2. The summed E-state index contributed by atoms with van der Waals surface area (Å²) in [6.07, 6.45) is 0.721. The quantitative estimate of drug-likeness (QED) is 0.502. The molecule has 1 fully saturated rings. The smallest absolute Gasteiger partial charge is 0.292 e. The summed E-state index contributed by atoms with van der Waals surface area (Å²) in [5.74, 6) is 0.550. The number of nitrogens with zero attached hydrogens (tertiary/aromatic N) is 3. The Bertz CT molecular complexity index is 979. The number of hydrogen-bond donors (Lipinski definition) is 0. The Hall–Kier alpha value is -2.86. The van der Waals surface area contributed by atoms with Gasteiger partial charge in [-0.15, -0.1) is 0 Å². The number of anilines is 1. The summed E-state index contributed by atoms with van der Waals surface area (Å²) in [4.78, 5) is 17.4. The number of benzene rings is 2. The van der Waals surface area contributed by atoms with Crippen molar-refractivity contribution in [2.75, 3.05) is 18.0 Å². The number of ether oxygens (including phenoxy) is 1. The van der Waals surface area contributed by atoms with Gasteiger partial charge in [0.2, 0.25) is 5.88 Å². The van der Waals surface area contributed by atoms with Gasteiger partial charge >= 0.3 is 0 Å². The Morgan fingerprint density at radius 2 is 2.04 bits per heavy atom. The number of fused-ring (bicyclic) bond motifs is 1. The minimum absolute atomic E-state index is 0.0629. The Morgan fingerprint density at radius 1 is 1.19 bits per heavy atom. The van der Waals surface area contributed by atoms with Crippen molar-refractivity contribution >= 4 is 33.9 Å².